The summed E-state index contributed by atoms with van der Waals surface area (Å²) in [6, 6.07) is 0. The standard InChI is InChI=1S/C13H20F3N3O3S/c1-9(2)10-7-19(5-4-6-22-10)23(20,21)11-8-18(3)17-12(11)13(14,15)16/h8-10H,4-7H2,1-3H3. The molecule has 0 bridgehead atoms. The SMILES string of the molecule is CC(C)C1CN(S(=O)(=O)c2cn(C)nc2C(F)(F)F)CCCO1. The van der Waals surface area contributed by atoms with Gasteiger partial charge in [0.05, 0.1) is 6.10 Å². The molecule has 1 atom stereocenters. The van der Waals surface area contributed by atoms with Gasteiger partial charge in [0.2, 0.25) is 10.0 Å². The normalized spacial score (nSPS) is 21.6. The highest BCUT2D eigenvalue weighted by Crippen LogP contribution is 2.34. The van der Waals surface area contributed by atoms with Crippen molar-refractivity contribution in [1.29, 1.82) is 0 Å². The van der Waals surface area contributed by atoms with Crippen LogP contribution in [0.2, 0.25) is 0 Å². The summed E-state index contributed by atoms with van der Waals surface area (Å²) in [5.41, 5.74) is -1.38. The van der Waals surface area contributed by atoms with Crippen LogP contribution < -0.4 is 0 Å². The van der Waals surface area contributed by atoms with E-state index >= 15 is 0 Å². The number of aromatic nitrogens is 2. The molecule has 0 spiro atoms. The predicted molar refractivity (Wildman–Crippen MR) is 76.2 cm³/mol. The lowest BCUT2D eigenvalue weighted by Gasteiger charge is -2.25. The van der Waals surface area contributed by atoms with E-state index in [-0.39, 0.29) is 25.1 Å². The lowest BCUT2D eigenvalue weighted by molar-refractivity contribution is -0.143. The molecule has 2 rings (SSSR count). The number of hydrogen-bond acceptors (Lipinski definition) is 4. The lowest BCUT2D eigenvalue weighted by atomic mass is 10.1. The van der Waals surface area contributed by atoms with Crippen LogP contribution in [-0.2, 0) is 28.0 Å². The van der Waals surface area contributed by atoms with Crippen LogP contribution in [0.25, 0.3) is 0 Å². The van der Waals surface area contributed by atoms with Crippen molar-refractivity contribution in [1.82, 2.24) is 14.1 Å². The van der Waals surface area contributed by atoms with E-state index in [1.54, 1.807) is 0 Å². The number of alkyl halides is 3. The van der Waals surface area contributed by atoms with Gasteiger partial charge in [0, 0.05) is 32.9 Å². The fraction of sp³-hybridized carbons (Fsp3) is 0.769. The van der Waals surface area contributed by atoms with E-state index in [0.717, 1.165) is 15.2 Å². The first-order chi connectivity index (χ1) is 10.5. The van der Waals surface area contributed by atoms with Gasteiger partial charge in [-0.3, -0.25) is 4.68 Å². The summed E-state index contributed by atoms with van der Waals surface area (Å²) in [5, 5.41) is 3.28. The van der Waals surface area contributed by atoms with Crippen molar-refractivity contribution in [3.05, 3.63) is 11.9 Å². The van der Waals surface area contributed by atoms with Crippen molar-refractivity contribution in [3.8, 4) is 0 Å². The second-order valence-corrected chi connectivity index (χ2v) is 7.79. The van der Waals surface area contributed by atoms with Gasteiger partial charge < -0.3 is 4.74 Å². The first-order valence-corrected chi connectivity index (χ1v) is 8.70. The summed E-state index contributed by atoms with van der Waals surface area (Å²) >= 11 is 0. The van der Waals surface area contributed by atoms with Crippen LogP contribution in [0.15, 0.2) is 11.1 Å². The van der Waals surface area contributed by atoms with E-state index in [4.69, 9.17) is 4.74 Å². The van der Waals surface area contributed by atoms with Gasteiger partial charge in [0.25, 0.3) is 0 Å². The number of nitrogens with zero attached hydrogens (tertiary/aromatic N) is 3. The second-order valence-electron chi connectivity index (χ2n) is 5.88. The van der Waals surface area contributed by atoms with Crippen LogP contribution >= 0.6 is 0 Å². The topological polar surface area (TPSA) is 64.4 Å². The van der Waals surface area contributed by atoms with E-state index < -0.39 is 26.8 Å². The number of hydrogen-bond donors (Lipinski definition) is 0. The van der Waals surface area contributed by atoms with Gasteiger partial charge in [0.15, 0.2) is 5.69 Å². The van der Waals surface area contributed by atoms with Crippen molar-refractivity contribution < 1.29 is 26.3 Å². The lowest BCUT2D eigenvalue weighted by Crippen LogP contribution is -2.39. The van der Waals surface area contributed by atoms with Crippen LogP contribution in [-0.4, -0.2) is 48.3 Å². The molecule has 1 aromatic heterocycles. The first-order valence-electron chi connectivity index (χ1n) is 7.26. The Morgan fingerprint density at radius 3 is 2.61 bits per heavy atom. The van der Waals surface area contributed by atoms with Gasteiger partial charge in [-0.05, 0) is 12.3 Å². The molecule has 2 heterocycles. The summed E-state index contributed by atoms with van der Waals surface area (Å²) in [7, 11) is -3.03. The van der Waals surface area contributed by atoms with Gasteiger partial charge in [0.1, 0.15) is 4.90 Å². The smallest absolute Gasteiger partial charge is 0.377 e. The molecule has 0 amide bonds. The molecule has 0 aromatic carbocycles. The molecule has 0 aliphatic carbocycles. The molecule has 1 saturated heterocycles. The minimum Gasteiger partial charge on any atom is -0.377 e. The molecule has 10 heteroatoms. The highest BCUT2D eigenvalue weighted by molar-refractivity contribution is 7.89. The summed E-state index contributed by atoms with van der Waals surface area (Å²) in [5.74, 6) is 0.0572. The molecule has 0 N–H and O–H groups in total. The summed E-state index contributed by atoms with van der Waals surface area (Å²) < 4.78 is 72.1. The molecule has 6 nitrogen and oxygen atoms in total. The minimum absolute atomic E-state index is 0.0339. The molecule has 0 radical (unpaired) electrons. The van der Waals surface area contributed by atoms with E-state index in [9.17, 15) is 21.6 Å². The van der Waals surface area contributed by atoms with Crippen molar-refractivity contribution in [3.63, 3.8) is 0 Å². The average molecular weight is 355 g/mol. The predicted octanol–water partition coefficient (Wildman–Crippen LogP) is 1.87. The second kappa shape index (κ2) is 6.40. The fourth-order valence-electron chi connectivity index (χ4n) is 2.43. The number of halogens is 3. The molecule has 1 aromatic rings. The third kappa shape index (κ3) is 3.86. The zero-order chi connectivity index (χ0) is 17.4. The number of aryl methyl sites for hydroxylation is 1. The van der Waals surface area contributed by atoms with Crippen LogP contribution in [0, 0.1) is 5.92 Å². The van der Waals surface area contributed by atoms with Crippen molar-refractivity contribution >= 4 is 10.0 Å². The molecular weight excluding hydrogens is 335 g/mol. The van der Waals surface area contributed by atoms with Gasteiger partial charge in [-0.2, -0.15) is 22.6 Å². The Labute approximate surface area is 133 Å². The Bertz CT molecular complexity index is 655. The van der Waals surface area contributed by atoms with E-state index in [2.05, 4.69) is 5.10 Å². The fourth-order valence-corrected chi connectivity index (χ4v) is 4.11. The third-order valence-corrected chi connectivity index (χ3v) is 5.56. The maximum atomic E-state index is 13.1. The van der Waals surface area contributed by atoms with E-state index in [1.807, 2.05) is 13.8 Å². The summed E-state index contributed by atoms with van der Waals surface area (Å²) in [4.78, 5) is -0.808. The van der Waals surface area contributed by atoms with Gasteiger partial charge in [-0.1, -0.05) is 13.8 Å². The molecule has 1 aliphatic rings. The van der Waals surface area contributed by atoms with Crippen LogP contribution in [0.3, 0.4) is 0 Å². The highest BCUT2D eigenvalue weighted by Gasteiger charge is 2.43. The van der Waals surface area contributed by atoms with Crippen molar-refractivity contribution in [2.24, 2.45) is 13.0 Å². The highest BCUT2D eigenvalue weighted by atomic mass is 32.2. The quantitative estimate of drug-likeness (QED) is 0.830. The van der Waals surface area contributed by atoms with Crippen LogP contribution in [0.1, 0.15) is 26.0 Å². The van der Waals surface area contributed by atoms with Crippen molar-refractivity contribution in [2.45, 2.75) is 37.4 Å². The van der Waals surface area contributed by atoms with Crippen LogP contribution in [0.5, 0.6) is 0 Å². The zero-order valence-corrected chi connectivity index (χ0v) is 14.0. The average Bonchev–Trinajstić information content (AvgIpc) is 2.68. The Morgan fingerprint density at radius 2 is 2.04 bits per heavy atom. The number of rotatable bonds is 3. The Morgan fingerprint density at radius 1 is 1.39 bits per heavy atom. The maximum absolute atomic E-state index is 13.1. The molecular formula is C13H20F3N3O3S. The Kier molecular flexibility index (Phi) is 5.07. The Hall–Kier alpha value is -1.13. The summed E-state index contributed by atoms with van der Waals surface area (Å²) in [6.45, 7) is 4.30. The first kappa shape index (κ1) is 18.2. The largest absolute Gasteiger partial charge is 0.436 e. The summed E-state index contributed by atoms with van der Waals surface area (Å²) in [6.07, 6.45) is -3.85. The zero-order valence-electron chi connectivity index (χ0n) is 13.2. The van der Waals surface area contributed by atoms with Crippen molar-refractivity contribution in [2.75, 3.05) is 19.7 Å². The minimum atomic E-state index is -4.83. The molecule has 0 saturated carbocycles. The molecule has 1 fully saturated rings. The van der Waals surface area contributed by atoms with Gasteiger partial charge in [-0.25, -0.2) is 8.42 Å². The molecule has 1 aliphatic heterocycles. The number of ether oxygens (including phenoxy) is 1. The third-order valence-electron chi connectivity index (χ3n) is 3.69. The Balaban J connectivity index is 2.41. The molecule has 23 heavy (non-hydrogen) atoms. The van der Waals surface area contributed by atoms with E-state index in [1.165, 1.54) is 7.05 Å². The molecule has 132 valence electrons. The monoisotopic (exact) mass is 355 g/mol. The van der Waals surface area contributed by atoms with Gasteiger partial charge >= 0.3 is 6.18 Å². The van der Waals surface area contributed by atoms with E-state index in [0.29, 0.717) is 13.0 Å². The van der Waals surface area contributed by atoms with Crippen LogP contribution in [0.4, 0.5) is 13.2 Å². The maximum Gasteiger partial charge on any atom is 0.436 e. The van der Waals surface area contributed by atoms with Gasteiger partial charge in [-0.15, -0.1) is 0 Å². The molecule has 1 unspecified atom stereocenters. The number of sulfonamides is 1.